The lowest BCUT2D eigenvalue weighted by atomic mass is 10.00. The van der Waals surface area contributed by atoms with E-state index in [2.05, 4.69) is 16.0 Å². The Morgan fingerprint density at radius 3 is 2.70 bits per heavy atom. The maximum absolute atomic E-state index is 13.2. The van der Waals surface area contributed by atoms with Crippen LogP contribution in [0, 0.1) is 22.7 Å². The summed E-state index contributed by atoms with van der Waals surface area (Å²) in [5.41, 5.74) is 9.09. The molecule has 0 bridgehead atoms. The molecule has 7 nitrogen and oxygen atoms in total. The van der Waals surface area contributed by atoms with Crippen molar-refractivity contribution in [2.45, 2.75) is 0 Å². The van der Waals surface area contributed by atoms with Gasteiger partial charge in [0, 0.05) is 30.4 Å². The van der Waals surface area contributed by atoms with Crippen LogP contribution in [0.5, 0.6) is 0 Å². The number of hydrogen-bond acceptors (Lipinski definition) is 4. The summed E-state index contributed by atoms with van der Waals surface area (Å²) < 4.78 is 15.2. The summed E-state index contributed by atoms with van der Waals surface area (Å²) >= 11 is 0. The van der Waals surface area contributed by atoms with Crippen molar-refractivity contribution in [3.05, 3.63) is 48.0 Å². The summed E-state index contributed by atoms with van der Waals surface area (Å²) in [5, 5.41) is 16.9. The Hall–Kier alpha value is -3.47. The highest BCUT2D eigenvalue weighted by molar-refractivity contribution is 5.84. The fourth-order valence-corrected chi connectivity index (χ4v) is 3.19. The fourth-order valence-electron chi connectivity index (χ4n) is 3.19. The monoisotopic (exact) mass is 366 g/mol. The molecule has 0 atom stereocenters. The van der Waals surface area contributed by atoms with E-state index in [1.54, 1.807) is 24.1 Å². The second-order valence-corrected chi connectivity index (χ2v) is 6.26. The smallest absolute Gasteiger partial charge is 0.351 e. The van der Waals surface area contributed by atoms with Crippen LogP contribution in [-0.4, -0.2) is 60.0 Å². The number of hydrogen-bond donors (Lipinski definition) is 2. The molecule has 2 heterocycles. The second kappa shape index (κ2) is 7.83. The molecule has 2 aromatic rings. The molecular formula is C19H21FN7+. The highest BCUT2D eigenvalue weighted by Crippen LogP contribution is 2.34. The highest BCUT2D eigenvalue weighted by Gasteiger charge is 2.24. The number of rotatable bonds is 3. The maximum Gasteiger partial charge on any atom is 0.351 e. The van der Waals surface area contributed by atoms with Crippen molar-refractivity contribution in [1.29, 1.82) is 10.7 Å². The molecule has 0 unspecified atom stereocenters. The normalized spacial score (nSPS) is 13.8. The Kier molecular flexibility index (Phi) is 5.31. The maximum atomic E-state index is 13.2. The fraction of sp³-hybridized carbons (Fsp3) is 0.263. The van der Waals surface area contributed by atoms with Crippen molar-refractivity contribution in [2.75, 3.05) is 38.1 Å². The largest absolute Gasteiger partial charge is 0.364 e. The first-order valence-electron chi connectivity index (χ1n) is 8.56. The Morgan fingerprint density at radius 2 is 2.11 bits per heavy atom. The predicted molar refractivity (Wildman–Crippen MR) is 102 cm³/mol. The van der Waals surface area contributed by atoms with E-state index in [1.807, 2.05) is 16.7 Å². The lowest BCUT2D eigenvalue weighted by Gasteiger charge is -2.32. The van der Waals surface area contributed by atoms with Crippen LogP contribution < -0.4 is 10.6 Å². The molecule has 1 aliphatic rings. The number of benzene rings is 1. The van der Waals surface area contributed by atoms with Gasteiger partial charge in [-0.15, -0.1) is 0 Å². The Morgan fingerprint density at radius 1 is 1.37 bits per heavy atom. The van der Waals surface area contributed by atoms with Gasteiger partial charge >= 0.3 is 5.96 Å². The number of anilines is 1. The highest BCUT2D eigenvalue weighted by atomic mass is 19.1. The van der Waals surface area contributed by atoms with Crippen LogP contribution in [0.15, 0.2) is 36.5 Å². The minimum absolute atomic E-state index is 0.529. The average Bonchev–Trinajstić information content (AvgIpc) is 2.72. The van der Waals surface area contributed by atoms with Gasteiger partial charge in [0.25, 0.3) is 0 Å². The third-order valence-electron chi connectivity index (χ3n) is 4.67. The summed E-state index contributed by atoms with van der Waals surface area (Å²) in [6, 6.07) is 10.8. The minimum atomic E-state index is -0.535. The number of nitrogens with zero attached hydrogens (tertiary/aromatic N) is 5. The van der Waals surface area contributed by atoms with Crippen LogP contribution >= 0.6 is 0 Å². The number of para-hydroxylation sites is 1. The first kappa shape index (κ1) is 18.3. The lowest BCUT2D eigenvalue weighted by molar-refractivity contribution is -0.534. The van der Waals surface area contributed by atoms with Gasteiger partial charge in [-0.3, -0.25) is 15.7 Å². The van der Waals surface area contributed by atoms with Gasteiger partial charge in [0.05, 0.1) is 31.4 Å². The molecule has 1 saturated heterocycles. The third-order valence-corrected chi connectivity index (χ3v) is 4.67. The van der Waals surface area contributed by atoms with Gasteiger partial charge in [-0.2, -0.15) is 9.65 Å². The van der Waals surface area contributed by atoms with Gasteiger partial charge in [0.15, 0.2) is 0 Å². The summed E-state index contributed by atoms with van der Waals surface area (Å²) in [6.07, 6.45) is 2.66. The van der Waals surface area contributed by atoms with Crippen molar-refractivity contribution in [1.82, 2.24) is 9.88 Å². The van der Waals surface area contributed by atoms with Crippen molar-refractivity contribution in [2.24, 2.45) is 5.73 Å². The molecule has 0 aliphatic carbocycles. The Labute approximate surface area is 157 Å². The summed E-state index contributed by atoms with van der Waals surface area (Å²) in [7, 11) is 1.74. The van der Waals surface area contributed by atoms with Crippen LogP contribution in [0.1, 0.15) is 5.56 Å². The number of piperazine rings is 1. The summed E-state index contributed by atoms with van der Waals surface area (Å²) in [5.74, 6) is -0.00661. The molecule has 3 N–H and O–H groups in total. The van der Waals surface area contributed by atoms with Crippen molar-refractivity contribution in [3.63, 3.8) is 0 Å². The zero-order valence-electron chi connectivity index (χ0n) is 15.1. The van der Waals surface area contributed by atoms with Crippen LogP contribution in [0.3, 0.4) is 0 Å². The molecule has 27 heavy (non-hydrogen) atoms. The SMILES string of the molecule is CN(C=N)C(N)=[N+]1CCN(c2c(C#N)cccc2-c2ccc(F)nc2)CC1. The van der Waals surface area contributed by atoms with E-state index >= 15 is 0 Å². The van der Waals surface area contributed by atoms with Crippen LogP contribution in [-0.2, 0) is 0 Å². The van der Waals surface area contributed by atoms with Gasteiger partial charge in [0.2, 0.25) is 5.95 Å². The van der Waals surface area contributed by atoms with Crippen LogP contribution in [0.2, 0.25) is 0 Å². The Balaban J connectivity index is 1.95. The number of aromatic nitrogens is 1. The van der Waals surface area contributed by atoms with Gasteiger partial charge in [0.1, 0.15) is 12.4 Å². The van der Waals surface area contributed by atoms with Gasteiger partial charge < -0.3 is 4.90 Å². The lowest BCUT2D eigenvalue weighted by Crippen LogP contribution is -2.50. The number of pyridine rings is 1. The quantitative estimate of drug-likeness (QED) is 0.371. The van der Waals surface area contributed by atoms with Gasteiger partial charge in [-0.05, 0) is 18.2 Å². The number of halogens is 1. The van der Waals surface area contributed by atoms with E-state index < -0.39 is 5.95 Å². The summed E-state index contributed by atoms with van der Waals surface area (Å²) in [6.45, 7) is 2.69. The van der Waals surface area contributed by atoms with Gasteiger partial charge in [-0.1, -0.05) is 12.1 Å². The molecule has 8 heteroatoms. The molecule has 1 aliphatic heterocycles. The third kappa shape index (κ3) is 3.72. The van der Waals surface area contributed by atoms with Crippen molar-refractivity contribution in [3.8, 4) is 17.2 Å². The standard InChI is InChI=1S/C19H20FN7/c1-25(13-22)19(23)27-9-7-26(8-10-27)18-14(11-21)3-2-4-16(18)15-5-6-17(20)24-12-15/h2-6,12-13,22-23H,7-10H2,1H3/p+1. The number of nitrogens with one attached hydrogen (secondary N) is 1. The van der Waals surface area contributed by atoms with Gasteiger partial charge in [-0.25, -0.2) is 9.88 Å². The molecule has 1 aromatic heterocycles. The topological polar surface area (TPSA) is 96.0 Å². The van der Waals surface area contributed by atoms with E-state index in [0.29, 0.717) is 37.7 Å². The van der Waals surface area contributed by atoms with E-state index in [9.17, 15) is 9.65 Å². The summed E-state index contributed by atoms with van der Waals surface area (Å²) in [4.78, 5) is 7.45. The molecule has 0 saturated carbocycles. The molecule has 138 valence electrons. The predicted octanol–water partition coefficient (Wildman–Crippen LogP) is 1.45. The van der Waals surface area contributed by atoms with E-state index in [1.165, 1.54) is 18.6 Å². The van der Waals surface area contributed by atoms with E-state index in [-0.39, 0.29) is 0 Å². The molecular weight excluding hydrogens is 345 g/mol. The first-order chi connectivity index (χ1) is 13.0. The molecule has 1 aromatic carbocycles. The number of nitriles is 1. The molecule has 3 rings (SSSR count). The number of nitrogens with two attached hydrogens (primary N) is 1. The first-order valence-corrected chi connectivity index (χ1v) is 8.56. The van der Waals surface area contributed by atoms with Crippen LogP contribution in [0.25, 0.3) is 11.1 Å². The van der Waals surface area contributed by atoms with E-state index in [0.717, 1.165) is 16.8 Å². The Bertz CT molecular complexity index is 905. The molecule has 0 radical (unpaired) electrons. The molecule has 1 fully saturated rings. The van der Waals surface area contributed by atoms with E-state index in [4.69, 9.17) is 11.1 Å². The van der Waals surface area contributed by atoms with Crippen molar-refractivity contribution >= 4 is 18.0 Å². The number of guanidine groups is 1. The molecule has 0 amide bonds. The van der Waals surface area contributed by atoms with Crippen molar-refractivity contribution < 1.29 is 8.97 Å². The zero-order chi connectivity index (χ0) is 19.4. The van der Waals surface area contributed by atoms with Crippen LogP contribution in [0.4, 0.5) is 10.1 Å². The second-order valence-electron chi connectivity index (χ2n) is 6.26. The average molecular weight is 366 g/mol. The molecule has 0 spiro atoms. The zero-order valence-corrected chi connectivity index (χ0v) is 15.1. The minimum Gasteiger partial charge on any atom is -0.364 e.